The van der Waals surface area contributed by atoms with Crippen LogP contribution in [-0.2, 0) is 37.5 Å². The molecule has 1 atom stereocenters. The van der Waals surface area contributed by atoms with Gasteiger partial charge in [-0.15, -0.1) is 0 Å². The number of anilines is 1. The minimum Gasteiger partial charge on any atom is -0.368 e. The van der Waals surface area contributed by atoms with Gasteiger partial charge in [-0.2, -0.15) is 4.72 Å². The molecule has 0 bridgehead atoms. The van der Waals surface area contributed by atoms with Crippen LogP contribution in [-0.4, -0.2) is 48.6 Å². The molecule has 174 valence electrons. The molecular formula is C20H19ClFN5O5S. The molecule has 1 aromatic carbocycles. The summed E-state index contributed by atoms with van der Waals surface area (Å²) in [5.41, 5.74) is 6.78. The molecule has 0 saturated carbocycles. The number of carbonyl (C=O) groups excluding carboxylic acids is 3. The number of fused-ring (bicyclic) bond motifs is 1. The van der Waals surface area contributed by atoms with Crippen molar-refractivity contribution in [2.45, 2.75) is 36.9 Å². The summed E-state index contributed by atoms with van der Waals surface area (Å²) in [5, 5.41) is -0.408. The number of nitrogens with two attached hydrogens (primary N) is 1. The summed E-state index contributed by atoms with van der Waals surface area (Å²) in [6.07, 6.45) is 3.85. The molecule has 0 radical (unpaired) electrons. The minimum absolute atomic E-state index is 0.107. The lowest BCUT2D eigenvalue weighted by molar-refractivity contribution is -0.138. The normalized spacial score (nSPS) is 16.7. The zero-order valence-corrected chi connectivity index (χ0v) is 18.7. The molecule has 3 amide bonds. The van der Waals surface area contributed by atoms with Crippen LogP contribution in [0.1, 0.15) is 24.0 Å². The molecule has 10 nitrogen and oxygen atoms in total. The molecule has 1 saturated heterocycles. The predicted molar refractivity (Wildman–Crippen MR) is 115 cm³/mol. The quantitative estimate of drug-likeness (QED) is 0.564. The van der Waals surface area contributed by atoms with Gasteiger partial charge in [0.15, 0.2) is 6.04 Å². The van der Waals surface area contributed by atoms with Gasteiger partial charge in [0.2, 0.25) is 21.8 Å². The van der Waals surface area contributed by atoms with Crippen molar-refractivity contribution in [1.82, 2.24) is 14.6 Å². The number of primary amides is 1. The van der Waals surface area contributed by atoms with Crippen LogP contribution < -0.4 is 15.4 Å². The first kappa shape index (κ1) is 23.1. The summed E-state index contributed by atoms with van der Waals surface area (Å²) >= 11 is 6.24. The Hall–Kier alpha value is -3.09. The molecule has 4 rings (SSSR count). The molecule has 13 heteroatoms. The Kier molecular flexibility index (Phi) is 6.08. The van der Waals surface area contributed by atoms with Gasteiger partial charge in [0.05, 0.1) is 10.7 Å². The van der Waals surface area contributed by atoms with Crippen LogP contribution in [0.2, 0.25) is 5.02 Å². The molecular weight excluding hydrogens is 477 g/mol. The first-order chi connectivity index (χ1) is 15.6. The zero-order valence-electron chi connectivity index (χ0n) is 17.1. The second-order valence-corrected chi connectivity index (χ2v) is 9.74. The fourth-order valence-electron chi connectivity index (χ4n) is 3.85. The number of nitrogens with zero attached hydrogens (tertiary/aromatic N) is 3. The molecule has 0 aliphatic carbocycles. The van der Waals surface area contributed by atoms with E-state index in [0.29, 0.717) is 12.5 Å². The highest BCUT2D eigenvalue weighted by atomic mass is 35.5. The summed E-state index contributed by atoms with van der Waals surface area (Å²) < 4.78 is 42.4. The topological polar surface area (TPSA) is 143 Å². The first-order valence-electron chi connectivity index (χ1n) is 9.90. The highest BCUT2D eigenvalue weighted by Gasteiger charge is 2.37. The van der Waals surface area contributed by atoms with Crippen molar-refractivity contribution in [3.05, 3.63) is 52.6 Å². The van der Waals surface area contributed by atoms with Crippen LogP contribution in [0.4, 0.5) is 10.1 Å². The molecule has 3 heterocycles. The van der Waals surface area contributed by atoms with Crippen LogP contribution >= 0.6 is 11.6 Å². The Labute approximate surface area is 193 Å². The molecule has 2 aliphatic rings. The van der Waals surface area contributed by atoms with Gasteiger partial charge < -0.3 is 15.5 Å². The number of aromatic nitrogens is 1. The molecule has 2 aromatic rings. The smallest absolute Gasteiger partial charge is 0.251 e. The average Bonchev–Trinajstić information content (AvgIpc) is 3.38. The minimum atomic E-state index is -4.69. The standard InChI is InChI=1S/C20H19ClFN5O5S/c21-17-14(27-5-1-2-16(27)28)6-13(22)7-15(17)33(31,32)25-18(19(23)29)20(30)26-9-11-3-4-24-8-12(11)10-26/h3-4,6-8,18,25H,1-2,5,9-10H2,(H2,23,29)/t18-/m0/s1. The Bertz CT molecular complexity index is 1250. The van der Waals surface area contributed by atoms with E-state index in [-0.39, 0.29) is 37.6 Å². The number of hydrogen-bond donors (Lipinski definition) is 2. The Balaban J connectivity index is 1.63. The van der Waals surface area contributed by atoms with Crippen LogP contribution in [0.5, 0.6) is 0 Å². The maximum absolute atomic E-state index is 14.3. The average molecular weight is 496 g/mol. The molecule has 1 fully saturated rings. The first-order valence-corrected chi connectivity index (χ1v) is 11.8. The van der Waals surface area contributed by atoms with E-state index < -0.39 is 43.6 Å². The lowest BCUT2D eigenvalue weighted by Gasteiger charge is -2.23. The number of nitrogens with one attached hydrogen (secondary N) is 1. The van der Waals surface area contributed by atoms with E-state index in [1.54, 1.807) is 18.5 Å². The van der Waals surface area contributed by atoms with Gasteiger partial charge in [-0.25, -0.2) is 12.8 Å². The van der Waals surface area contributed by atoms with Gasteiger partial charge in [0.1, 0.15) is 10.7 Å². The third-order valence-electron chi connectivity index (χ3n) is 5.48. The molecule has 0 spiro atoms. The molecule has 33 heavy (non-hydrogen) atoms. The largest absolute Gasteiger partial charge is 0.368 e. The van der Waals surface area contributed by atoms with Crippen LogP contribution in [0.25, 0.3) is 0 Å². The zero-order chi connectivity index (χ0) is 23.9. The van der Waals surface area contributed by atoms with E-state index in [9.17, 15) is 27.2 Å². The van der Waals surface area contributed by atoms with E-state index in [4.69, 9.17) is 17.3 Å². The van der Waals surface area contributed by atoms with Gasteiger partial charge in [0.25, 0.3) is 5.91 Å². The number of sulfonamides is 1. The highest BCUT2D eigenvalue weighted by molar-refractivity contribution is 7.89. The van der Waals surface area contributed by atoms with Crippen molar-refractivity contribution < 1.29 is 27.2 Å². The number of pyridine rings is 1. The van der Waals surface area contributed by atoms with Gasteiger partial charge in [-0.1, -0.05) is 11.6 Å². The second-order valence-electron chi connectivity index (χ2n) is 7.68. The molecule has 0 unspecified atom stereocenters. The van der Waals surface area contributed by atoms with Crippen molar-refractivity contribution in [3.8, 4) is 0 Å². The van der Waals surface area contributed by atoms with E-state index in [1.165, 1.54) is 9.80 Å². The summed E-state index contributed by atoms with van der Waals surface area (Å²) in [7, 11) is -4.69. The monoisotopic (exact) mass is 495 g/mol. The lowest BCUT2D eigenvalue weighted by atomic mass is 10.2. The molecule has 3 N–H and O–H groups in total. The fourth-order valence-corrected chi connectivity index (χ4v) is 5.63. The second kappa shape index (κ2) is 8.69. The fraction of sp³-hybridized carbons (Fsp3) is 0.300. The Morgan fingerprint density at radius 1 is 1.24 bits per heavy atom. The van der Waals surface area contributed by atoms with Crippen LogP contribution in [0, 0.1) is 5.82 Å². The molecule has 2 aliphatic heterocycles. The number of hydrogen-bond acceptors (Lipinski definition) is 6. The predicted octanol–water partition coefficient (Wildman–Crippen LogP) is 0.676. The van der Waals surface area contributed by atoms with E-state index >= 15 is 0 Å². The van der Waals surface area contributed by atoms with Crippen molar-refractivity contribution in [3.63, 3.8) is 0 Å². The number of benzene rings is 1. The van der Waals surface area contributed by atoms with Crippen LogP contribution in [0.15, 0.2) is 35.5 Å². The summed E-state index contributed by atoms with van der Waals surface area (Å²) in [6, 6.07) is 1.36. The SMILES string of the molecule is NC(=O)[C@H](NS(=O)(=O)c1cc(F)cc(N2CCCC2=O)c1Cl)C(=O)N1Cc2ccncc2C1. The lowest BCUT2D eigenvalue weighted by Crippen LogP contribution is -2.54. The van der Waals surface area contributed by atoms with Gasteiger partial charge in [0, 0.05) is 38.4 Å². The van der Waals surface area contributed by atoms with Crippen molar-refractivity contribution in [2.24, 2.45) is 5.73 Å². The van der Waals surface area contributed by atoms with Gasteiger partial charge in [-0.05, 0) is 35.7 Å². The van der Waals surface area contributed by atoms with Gasteiger partial charge in [-0.3, -0.25) is 19.4 Å². The summed E-state index contributed by atoms with van der Waals surface area (Å²) in [4.78, 5) is 42.7. The Morgan fingerprint density at radius 2 is 1.97 bits per heavy atom. The van der Waals surface area contributed by atoms with E-state index in [0.717, 1.165) is 17.2 Å². The highest BCUT2D eigenvalue weighted by Crippen LogP contribution is 2.35. The summed E-state index contributed by atoms with van der Waals surface area (Å²) in [6.45, 7) is 0.515. The summed E-state index contributed by atoms with van der Waals surface area (Å²) in [5.74, 6) is -3.39. The maximum atomic E-state index is 14.3. The number of rotatable bonds is 6. The number of carbonyl (C=O) groups is 3. The van der Waals surface area contributed by atoms with E-state index in [1.807, 2.05) is 4.72 Å². The van der Waals surface area contributed by atoms with E-state index in [2.05, 4.69) is 4.98 Å². The molecule has 1 aromatic heterocycles. The third kappa shape index (κ3) is 4.41. The number of halogens is 2. The third-order valence-corrected chi connectivity index (χ3v) is 7.44. The van der Waals surface area contributed by atoms with Crippen molar-refractivity contribution in [1.29, 1.82) is 0 Å². The van der Waals surface area contributed by atoms with Crippen molar-refractivity contribution >= 4 is 45.0 Å². The van der Waals surface area contributed by atoms with Crippen LogP contribution in [0.3, 0.4) is 0 Å². The Morgan fingerprint density at radius 3 is 2.61 bits per heavy atom. The maximum Gasteiger partial charge on any atom is 0.251 e. The van der Waals surface area contributed by atoms with Crippen molar-refractivity contribution in [2.75, 3.05) is 11.4 Å². The van der Waals surface area contributed by atoms with Gasteiger partial charge >= 0.3 is 0 Å². The number of amides is 3.